The molecule has 0 heterocycles. The first kappa shape index (κ1) is 16.7. The molecule has 0 aliphatic heterocycles. The van der Waals surface area contributed by atoms with Crippen molar-refractivity contribution >= 4 is 11.7 Å². The van der Waals surface area contributed by atoms with Crippen LogP contribution in [0, 0.1) is 10.1 Å². The molecule has 0 aliphatic carbocycles. The third-order valence-corrected chi connectivity index (χ3v) is 2.34. The molecular weight excluding hydrogens is 295 g/mol. The van der Waals surface area contributed by atoms with Crippen molar-refractivity contribution < 1.29 is 32.4 Å². The van der Waals surface area contributed by atoms with E-state index in [9.17, 15) is 28.1 Å². The summed E-state index contributed by atoms with van der Waals surface area (Å²) in [4.78, 5) is 21.5. The predicted molar refractivity (Wildman–Crippen MR) is 65.4 cm³/mol. The molecule has 116 valence electrons. The van der Waals surface area contributed by atoms with Crippen molar-refractivity contribution in [1.29, 1.82) is 0 Å². The summed E-state index contributed by atoms with van der Waals surface area (Å²) in [5.74, 6) is -1.34. The molecule has 0 fully saturated rings. The fourth-order valence-electron chi connectivity index (χ4n) is 1.39. The number of benzene rings is 1. The number of alkyl halides is 3. The second-order valence-electron chi connectivity index (χ2n) is 3.80. The number of nitrogens with zero attached hydrogens (tertiary/aromatic N) is 1. The molecule has 6 nitrogen and oxygen atoms in total. The summed E-state index contributed by atoms with van der Waals surface area (Å²) in [6.07, 6.45) is -5.11. The van der Waals surface area contributed by atoms with E-state index in [2.05, 4.69) is 9.47 Å². The summed E-state index contributed by atoms with van der Waals surface area (Å²) in [5, 5.41) is 10.9. The van der Waals surface area contributed by atoms with E-state index in [-0.39, 0.29) is 12.2 Å². The molecule has 1 aromatic rings. The molecule has 2 unspecified atom stereocenters. The van der Waals surface area contributed by atoms with Gasteiger partial charge in [0.05, 0.1) is 17.6 Å². The molecule has 0 N–H and O–H groups in total. The largest absolute Gasteiger partial charge is 0.462 e. The zero-order chi connectivity index (χ0) is 16.0. The van der Waals surface area contributed by atoms with Crippen LogP contribution < -0.4 is 4.74 Å². The fraction of sp³-hybridized carbons (Fsp3) is 0.417. The van der Waals surface area contributed by atoms with Crippen molar-refractivity contribution in [3.05, 3.63) is 33.9 Å². The number of nitro benzene ring substituents is 1. The lowest BCUT2D eigenvalue weighted by Crippen LogP contribution is -2.25. The number of rotatable bonds is 7. The Labute approximate surface area is 117 Å². The van der Waals surface area contributed by atoms with Gasteiger partial charge in [-0.15, -0.1) is 0 Å². The number of hydrogen-bond acceptors (Lipinski definition) is 5. The highest BCUT2D eigenvalue weighted by molar-refractivity contribution is 5.94. The number of hydrogen-bond donors (Lipinski definition) is 0. The molecule has 0 amide bonds. The number of carbonyl (C=O) groups excluding carboxylic acids is 1. The first-order valence-electron chi connectivity index (χ1n) is 5.87. The lowest BCUT2D eigenvalue weighted by Gasteiger charge is -2.13. The van der Waals surface area contributed by atoms with Crippen LogP contribution >= 0.6 is 0 Å². The zero-order valence-electron chi connectivity index (χ0n) is 10.9. The maximum Gasteiger partial charge on any atom is 0.345 e. The average molecular weight is 307 g/mol. The molecule has 0 radical (unpaired) electrons. The average Bonchev–Trinajstić information content (AvgIpc) is 2.46. The molecule has 9 heteroatoms. The molecule has 0 bridgehead atoms. The first-order chi connectivity index (χ1) is 9.90. The SMILES string of the molecule is CCOC(=O)c1ccc(OC(F)C(F)CF)cc1[N+](=O)[O-]. The summed E-state index contributed by atoms with van der Waals surface area (Å²) in [5.41, 5.74) is -1.04. The van der Waals surface area contributed by atoms with Gasteiger partial charge in [-0.05, 0) is 19.1 Å². The standard InChI is InChI=1S/C12H12F3NO5/c1-2-20-12(17)8-4-3-7(5-10(8)16(18)19)21-11(15)9(14)6-13/h3-5,9,11H,2,6H2,1H3. The minimum Gasteiger partial charge on any atom is -0.462 e. The summed E-state index contributed by atoms with van der Waals surface area (Å²) >= 11 is 0. The van der Waals surface area contributed by atoms with Gasteiger partial charge < -0.3 is 9.47 Å². The van der Waals surface area contributed by atoms with Gasteiger partial charge in [-0.3, -0.25) is 10.1 Å². The van der Waals surface area contributed by atoms with Crippen molar-refractivity contribution in [3.63, 3.8) is 0 Å². The van der Waals surface area contributed by atoms with Crippen LogP contribution in [0.3, 0.4) is 0 Å². The van der Waals surface area contributed by atoms with Gasteiger partial charge in [0.2, 0.25) is 0 Å². The lowest BCUT2D eigenvalue weighted by molar-refractivity contribution is -0.385. The van der Waals surface area contributed by atoms with Crippen molar-refractivity contribution in [3.8, 4) is 5.75 Å². The lowest BCUT2D eigenvalue weighted by atomic mass is 10.1. The second-order valence-corrected chi connectivity index (χ2v) is 3.80. The van der Waals surface area contributed by atoms with E-state index in [0.29, 0.717) is 0 Å². The summed E-state index contributed by atoms with van der Waals surface area (Å²) < 4.78 is 46.8. The number of ether oxygens (including phenoxy) is 2. The van der Waals surface area contributed by atoms with E-state index < -0.39 is 41.5 Å². The Hall–Kier alpha value is -2.32. The minimum atomic E-state index is -2.61. The van der Waals surface area contributed by atoms with Gasteiger partial charge >= 0.3 is 5.97 Å². The third kappa shape index (κ3) is 4.33. The quantitative estimate of drug-likeness (QED) is 0.439. The highest BCUT2D eigenvalue weighted by Gasteiger charge is 2.26. The molecule has 0 saturated carbocycles. The van der Waals surface area contributed by atoms with Gasteiger partial charge in [-0.25, -0.2) is 13.6 Å². The van der Waals surface area contributed by atoms with Crippen LogP contribution in [-0.2, 0) is 4.74 Å². The smallest absolute Gasteiger partial charge is 0.345 e. The van der Waals surface area contributed by atoms with Gasteiger partial charge in [0.1, 0.15) is 18.0 Å². The summed E-state index contributed by atoms with van der Waals surface area (Å²) in [6, 6.07) is 2.75. The first-order valence-corrected chi connectivity index (χ1v) is 5.87. The number of esters is 1. The van der Waals surface area contributed by atoms with Crippen molar-refractivity contribution in [2.45, 2.75) is 19.5 Å². The Morgan fingerprint density at radius 1 is 1.43 bits per heavy atom. The highest BCUT2D eigenvalue weighted by Crippen LogP contribution is 2.27. The zero-order valence-corrected chi connectivity index (χ0v) is 10.9. The summed E-state index contributed by atoms with van der Waals surface area (Å²) in [6.45, 7) is -0.0573. The number of carbonyl (C=O) groups is 1. The molecule has 0 saturated heterocycles. The second kappa shape index (κ2) is 7.46. The van der Waals surface area contributed by atoms with E-state index in [0.717, 1.165) is 18.2 Å². The molecule has 2 atom stereocenters. The predicted octanol–water partition coefficient (Wildman–Crippen LogP) is 2.75. The van der Waals surface area contributed by atoms with Gasteiger partial charge in [0.25, 0.3) is 12.0 Å². The molecule has 0 aromatic heterocycles. The summed E-state index contributed by atoms with van der Waals surface area (Å²) in [7, 11) is 0. The third-order valence-electron chi connectivity index (χ3n) is 2.34. The van der Waals surface area contributed by atoms with E-state index in [1.54, 1.807) is 0 Å². The van der Waals surface area contributed by atoms with Crippen LogP contribution in [0.2, 0.25) is 0 Å². The maximum absolute atomic E-state index is 13.1. The molecule has 0 spiro atoms. The van der Waals surface area contributed by atoms with Crippen LogP contribution in [0.5, 0.6) is 5.75 Å². The Kier molecular flexibility index (Phi) is 5.94. The van der Waals surface area contributed by atoms with Crippen molar-refractivity contribution in [2.24, 2.45) is 0 Å². The van der Waals surface area contributed by atoms with E-state index in [4.69, 9.17) is 0 Å². The van der Waals surface area contributed by atoms with Crippen molar-refractivity contribution in [2.75, 3.05) is 13.3 Å². The van der Waals surface area contributed by atoms with E-state index >= 15 is 0 Å². The topological polar surface area (TPSA) is 78.7 Å². The molecule has 0 aliphatic rings. The highest BCUT2D eigenvalue weighted by atomic mass is 19.2. The van der Waals surface area contributed by atoms with E-state index in [1.165, 1.54) is 6.92 Å². The van der Waals surface area contributed by atoms with Crippen molar-refractivity contribution in [1.82, 2.24) is 0 Å². The normalized spacial score (nSPS) is 13.3. The molecular formula is C12H12F3NO5. The molecule has 1 aromatic carbocycles. The van der Waals surface area contributed by atoms with Crippen LogP contribution in [0.25, 0.3) is 0 Å². The Morgan fingerprint density at radius 2 is 2.10 bits per heavy atom. The fourth-order valence-corrected chi connectivity index (χ4v) is 1.39. The van der Waals surface area contributed by atoms with Crippen LogP contribution in [0.15, 0.2) is 18.2 Å². The van der Waals surface area contributed by atoms with Gasteiger partial charge in [0.15, 0.2) is 6.17 Å². The Morgan fingerprint density at radius 3 is 2.62 bits per heavy atom. The molecule has 21 heavy (non-hydrogen) atoms. The number of nitro groups is 1. The van der Waals surface area contributed by atoms with Gasteiger partial charge in [0, 0.05) is 0 Å². The van der Waals surface area contributed by atoms with Crippen LogP contribution in [-0.4, -0.2) is 36.7 Å². The Balaban J connectivity index is 3.03. The van der Waals surface area contributed by atoms with Gasteiger partial charge in [-0.2, -0.15) is 4.39 Å². The number of halogens is 3. The monoisotopic (exact) mass is 307 g/mol. The van der Waals surface area contributed by atoms with Gasteiger partial charge in [-0.1, -0.05) is 0 Å². The van der Waals surface area contributed by atoms with Crippen LogP contribution in [0.4, 0.5) is 18.9 Å². The maximum atomic E-state index is 13.1. The minimum absolute atomic E-state index is 0.0147. The molecule has 1 rings (SSSR count). The van der Waals surface area contributed by atoms with Crippen LogP contribution in [0.1, 0.15) is 17.3 Å². The Bertz CT molecular complexity index is 526. The van der Waals surface area contributed by atoms with E-state index in [1.807, 2.05) is 0 Å².